The second-order valence-corrected chi connectivity index (χ2v) is 1.33. The Balaban J connectivity index is 3.11. The lowest BCUT2D eigenvalue weighted by atomic mass is 10.3. The molecule has 2 nitrogen and oxygen atoms in total. The van der Waals surface area contributed by atoms with Crippen LogP contribution in [0.2, 0.25) is 0 Å². The minimum atomic E-state index is -0.00588. The lowest BCUT2D eigenvalue weighted by Crippen LogP contribution is -1.96. The number of ether oxygens (including phenoxy) is 1. The maximum absolute atomic E-state index is 10.3. The van der Waals surface area contributed by atoms with Gasteiger partial charge in [-0.15, -0.1) is 0 Å². The molecule has 0 aliphatic rings. The van der Waals surface area contributed by atoms with Crippen LogP contribution in [0.15, 0.2) is 12.7 Å². The number of carbonyl (C=O) groups excluding carboxylic acids is 1. The first-order chi connectivity index (χ1) is 3.81. The number of hydrogen-bond donors (Lipinski definition) is 0. The molecule has 0 aromatic heterocycles. The van der Waals surface area contributed by atoms with Gasteiger partial charge in [-0.2, -0.15) is 0 Å². The van der Waals surface area contributed by atoms with E-state index in [-0.39, 0.29) is 5.78 Å². The third-order valence-corrected chi connectivity index (χ3v) is 0.720. The zero-order chi connectivity index (χ0) is 6.41. The van der Waals surface area contributed by atoms with Crippen molar-refractivity contribution in [3.8, 4) is 0 Å². The molecular formula is C6H9O2. The van der Waals surface area contributed by atoms with E-state index < -0.39 is 0 Å². The van der Waals surface area contributed by atoms with Gasteiger partial charge in [0.2, 0.25) is 0 Å². The Morgan fingerprint density at radius 1 is 1.75 bits per heavy atom. The first-order valence-corrected chi connectivity index (χ1v) is 2.33. The van der Waals surface area contributed by atoms with Gasteiger partial charge >= 0.3 is 0 Å². The van der Waals surface area contributed by atoms with Crippen molar-refractivity contribution < 1.29 is 9.53 Å². The highest BCUT2D eigenvalue weighted by atomic mass is 16.5. The summed E-state index contributed by atoms with van der Waals surface area (Å²) in [5, 5.41) is 0. The van der Waals surface area contributed by atoms with E-state index in [1.807, 2.05) is 0 Å². The molecule has 0 bridgehead atoms. The molecule has 0 aromatic rings. The van der Waals surface area contributed by atoms with Crippen LogP contribution in [0.1, 0.15) is 6.42 Å². The monoisotopic (exact) mass is 113 g/mol. The topological polar surface area (TPSA) is 26.3 Å². The molecule has 0 aliphatic heterocycles. The van der Waals surface area contributed by atoms with Gasteiger partial charge in [0.05, 0.1) is 13.7 Å². The molecule has 0 rings (SSSR count). The van der Waals surface area contributed by atoms with Gasteiger partial charge in [0.15, 0.2) is 5.78 Å². The Kier molecular flexibility index (Phi) is 4.17. The Morgan fingerprint density at radius 3 is 2.75 bits per heavy atom. The normalized spacial score (nSPS) is 8.62. The summed E-state index contributed by atoms with van der Waals surface area (Å²) in [5.74, 6) is -0.00588. The molecule has 0 spiro atoms. The highest BCUT2D eigenvalue weighted by molar-refractivity contribution is 5.89. The van der Waals surface area contributed by atoms with Crippen molar-refractivity contribution in [2.45, 2.75) is 6.42 Å². The molecule has 45 valence electrons. The molecule has 0 aliphatic carbocycles. The minimum absolute atomic E-state index is 0.00588. The van der Waals surface area contributed by atoms with Gasteiger partial charge in [0.25, 0.3) is 0 Å². The van der Waals surface area contributed by atoms with Crippen molar-refractivity contribution >= 4 is 5.78 Å². The van der Waals surface area contributed by atoms with E-state index in [1.54, 1.807) is 0 Å². The average Bonchev–Trinajstić information content (AvgIpc) is 1.83. The predicted molar refractivity (Wildman–Crippen MR) is 31.1 cm³/mol. The van der Waals surface area contributed by atoms with E-state index in [0.29, 0.717) is 13.0 Å². The van der Waals surface area contributed by atoms with Gasteiger partial charge in [-0.25, -0.2) is 0 Å². The molecule has 0 atom stereocenters. The Labute approximate surface area is 49.1 Å². The Hall–Kier alpha value is -0.630. The highest BCUT2D eigenvalue weighted by Gasteiger charge is 1.91. The molecule has 0 saturated carbocycles. The van der Waals surface area contributed by atoms with Crippen LogP contribution < -0.4 is 0 Å². The average molecular weight is 113 g/mol. The zero-order valence-corrected chi connectivity index (χ0v) is 4.72. The van der Waals surface area contributed by atoms with E-state index in [4.69, 9.17) is 0 Å². The SMILES string of the molecule is [CH2]OCCC(=O)C=C. The molecule has 0 unspecified atom stereocenters. The van der Waals surface area contributed by atoms with Crippen molar-refractivity contribution in [3.05, 3.63) is 19.8 Å². The maximum atomic E-state index is 10.3. The van der Waals surface area contributed by atoms with Gasteiger partial charge < -0.3 is 4.74 Å². The Bertz CT molecular complexity index is 86.5. The number of allylic oxidation sites excluding steroid dienone is 1. The molecule has 0 amide bonds. The summed E-state index contributed by atoms with van der Waals surface area (Å²) in [6, 6.07) is 0. The van der Waals surface area contributed by atoms with Crippen LogP contribution in [0, 0.1) is 7.11 Å². The van der Waals surface area contributed by atoms with Gasteiger partial charge in [-0.3, -0.25) is 4.79 Å². The molecule has 0 saturated heterocycles. The fourth-order valence-electron chi connectivity index (χ4n) is 0.275. The van der Waals surface area contributed by atoms with Gasteiger partial charge in [0, 0.05) is 6.42 Å². The number of rotatable bonds is 4. The van der Waals surface area contributed by atoms with Gasteiger partial charge in [-0.05, 0) is 6.08 Å². The first-order valence-electron chi connectivity index (χ1n) is 2.33. The molecule has 1 radical (unpaired) electrons. The van der Waals surface area contributed by atoms with Gasteiger partial charge in [0.1, 0.15) is 0 Å². The molecule has 2 heteroatoms. The van der Waals surface area contributed by atoms with Crippen molar-refractivity contribution in [2.24, 2.45) is 0 Å². The second kappa shape index (κ2) is 4.53. The second-order valence-electron chi connectivity index (χ2n) is 1.33. The van der Waals surface area contributed by atoms with Crippen molar-refractivity contribution in [1.82, 2.24) is 0 Å². The van der Waals surface area contributed by atoms with Crippen LogP contribution in [-0.2, 0) is 9.53 Å². The quantitative estimate of drug-likeness (QED) is 0.507. The summed E-state index contributed by atoms with van der Waals surface area (Å²) in [4.78, 5) is 10.3. The van der Waals surface area contributed by atoms with Crippen molar-refractivity contribution in [2.75, 3.05) is 6.61 Å². The molecular weight excluding hydrogens is 104 g/mol. The summed E-state index contributed by atoms with van der Waals surface area (Å²) < 4.78 is 4.40. The van der Waals surface area contributed by atoms with Crippen molar-refractivity contribution in [1.29, 1.82) is 0 Å². The highest BCUT2D eigenvalue weighted by Crippen LogP contribution is 1.83. The first kappa shape index (κ1) is 7.37. The summed E-state index contributed by atoms with van der Waals surface area (Å²) in [6.45, 7) is 3.67. The third kappa shape index (κ3) is 3.56. The standard InChI is InChI=1S/C6H9O2/c1-3-6(7)4-5-8-2/h3H,1-2,4-5H2. The van der Waals surface area contributed by atoms with E-state index in [2.05, 4.69) is 18.4 Å². The van der Waals surface area contributed by atoms with Gasteiger partial charge in [-0.1, -0.05) is 6.58 Å². The van der Waals surface area contributed by atoms with Crippen LogP contribution in [0.5, 0.6) is 0 Å². The summed E-state index contributed by atoms with van der Waals surface area (Å²) in [7, 11) is 3.11. The van der Waals surface area contributed by atoms with E-state index in [9.17, 15) is 4.79 Å². The Morgan fingerprint density at radius 2 is 2.38 bits per heavy atom. The largest absolute Gasteiger partial charge is 0.379 e. The summed E-state index contributed by atoms with van der Waals surface area (Å²) >= 11 is 0. The molecule has 0 aromatic carbocycles. The zero-order valence-electron chi connectivity index (χ0n) is 4.72. The lowest BCUT2D eigenvalue weighted by Gasteiger charge is -1.90. The van der Waals surface area contributed by atoms with Crippen LogP contribution >= 0.6 is 0 Å². The van der Waals surface area contributed by atoms with Crippen LogP contribution in [0.4, 0.5) is 0 Å². The van der Waals surface area contributed by atoms with E-state index in [1.165, 1.54) is 6.08 Å². The fraction of sp³-hybridized carbons (Fsp3) is 0.333. The minimum Gasteiger partial charge on any atom is -0.379 e. The molecule has 8 heavy (non-hydrogen) atoms. The molecule has 0 fully saturated rings. The number of hydrogen-bond acceptors (Lipinski definition) is 2. The van der Waals surface area contributed by atoms with E-state index in [0.717, 1.165) is 0 Å². The van der Waals surface area contributed by atoms with Crippen molar-refractivity contribution in [3.63, 3.8) is 0 Å². The third-order valence-electron chi connectivity index (χ3n) is 0.720. The smallest absolute Gasteiger partial charge is 0.157 e. The number of ketones is 1. The lowest BCUT2D eigenvalue weighted by molar-refractivity contribution is -0.115. The van der Waals surface area contributed by atoms with E-state index >= 15 is 0 Å². The van der Waals surface area contributed by atoms with Crippen LogP contribution in [-0.4, -0.2) is 12.4 Å². The molecule has 0 heterocycles. The summed E-state index contributed by atoms with van der Waals surface area (Å²) in [6.07, 6.45) is 1.66. The maximum Gasteiger partial charge on any atom is 0.157 e. The number of carbonyl (C=O) groups is 1. The summed E-state index contributed by atoms with van der Waals surface area (Å²) in [5.41, 5.74) is 0. The predicted octanol–water partition coefficient (Wildman–Crippen LogP) is 0.940. The van der Waals surface area contributed by atoms with Crippen LogP contribution in [0.25, 0.3) is 0 Å². The molecule has 0 N–H and O–H groups in total. The van der Waals surface area contributed by atoms with Crippen LogP contribution in [0.3, 0.4) is 0 Å². The fourth-order valence-corrected chi connectivity index (χ4v) is 0.275.